The first-order valence-electron chi connectivity index (χ1n) is 9.05. The molecular weight excluding hydrogens is 420 g/mol. The van der Waals surface area contributed by atoms with Crippen molar-refractivity contribution in [3.8, 4) is 0 Å². The van der Waals surface area contributed by atoms with Gasteiger partial charge in [0.25, 0.3) is 0 Å². The molecule has 15 nitrogen and oxygen atoms in total. The lowest BCUT2D eigenvalue weighted by atomic mass is 10.1. The van der Waals surface area contributed by atoms with E-state index >= 15 is 0 Å². The standard InChI is InChI=1S/C16H28N6O9/c1-6(24)12(15(29)21-9(5-23)16(30)31)22-14(28)8(2-3-10(18)25)20-13(27)7(17)4-11(19)26/h6-9,12,23-24H,2-5,17H2,1H3,(H2,18,25)(H2,19,26)(H,20,27)(H,21,29)(H,22,28)(H,30,31). The zero-order chi connectivity index (χ0) is 24.3. The number of aliphatic hydroxyl groups excluding tert-OH is 2. The lowest BCUT2D eigenvalue weighted by Gasteiger charge is -2.26. The first kappa shape index (κ1) is 27.7. The number of carboxylic acid groups (broad SMARTS) is 1. The highest BCUT2D eigenvalue weighted by molar-refractivity contribution is 5.95. The van der Waals surface area contributed by atoms with Gasteiger partial charge in [0.2, 0.25) is 29.5 Å². The normalized spacial score (nSPS) is 15.5. The Kier molecular flexibility index (Phi) is 11.7. The lowest BCUT2D eigenvalue weighted by molar-refractivity contribution is -0.144. The Morgan fingerprint density at radius 2 is 1.42 bits per heavy atom. The summed E-state index contributed by atoms with van der Waals surface area (Å²) in [6.07, 6.45) is -2.69. The monoisotopic (exact) mass is 448 g/mol. The maximum absolute atomic E-state index is 12.6. The third-order valence-electron chi connectivity index (χ3n) is 3.93. The molecule has 0 aliphatic heterocycles. The van der Waals surface area contributed by atoms with Crippen LogP contribution in [0.5, 0.6) is 0 Å². The molecule has 0 rings (SSSR count). The number of aliphatic carboxylic acids is 1. The summed E-state index contributed by atoms with van der Waals surface area (Å²) in [5, 5.41) is 33.9. The first-order valence-corrected chi connectivity index (χ1v) is 9.05. The van der Waals surface area contributed by atoms with Gasteiger partial charge in [0.1, 0.15) is 18.1 Å². The smallest absolute Gasteiger partial charge is 0.328 e. The molecule has 31 heavy (non-hydrogen) atoms. The zero-order valence-corrected chi connectivity index (χ0v) is 16.7. The number of nitrogens with two attached hydrogens (primary N) is 3. The van der Waals surface area contributed by atoms with Crippen LogP contribution in [0.25, 0.3) is 0 Å². The second-order valence-electron chi connectivity index (χ2n) is 6.65. The van der Waals surface area contributed by atoms with Crippen LogP contribution < -0.4 is 33.2 Å². The fraction of sp³-hybridized carbons (Fsp3) is 0.625. The molecule has 0 radical (unpaired) electrons. The zero-order valence-electron chi connectivity index (χ0n) is 16.7. The number of hydrogen-bond donors (Lipinski definition) is 9. The molecule has 0 aromatic heterocycles. The Morgan fingerprint density at radius 3 is 1.84 bits per heavy atom. The molecule has 0 aliphatic rings. The average molecular weight is 448 g/mol. The Bertz CT molecular complexity index is 699. The first-order chi connectivity index (χ1) is 14.3. The van der Waals surface area contributed by atoms with E-state index in [4.69, 9.17) is 27.4 Å². The molecule has 0 bridgehead atoms. The van der Waals surface area contributed by atoms with Gasteiger partial charge in [0.15, 0.2) is 0 Å². The van der Waals surface area contributed by atoms with Crippen molar-refractivity contribution in [2.45, 2.75) is 56.5 Å². The summed E-state index contributed by atoms with van der Waals surface area (Å²) in [5.41, 5.74) is 15.5. The topological polar surface area (TPSA) is 277 Å². The minimum absolute atomic E-state index is 0.307. The molecule has 0 heterocycles. The Labute approximate surface area is 176 Å². The summed E-state index contributed by atoms with van der Waals surface area (Å²) in [6.45, 7) is 0.176. The molecule has 0 spiro atoms. The SMILES string of the molecule is CC(O)C(NC(=O)C(CCC(N)=O)NC(=O)C(N)CC(N)=O)C(=O)NC(CO)C(=O)O. The Balaban J connectivity index is 5.42. The highest BCUT2D eigenvalue weighted by Crippen LogP contribution is 2.03. The second-order valence-corrected chi connectivity index (χ2v) is 6.65. The lowest BCUT2D eigenvalue weighted by Crippen LogP contribution is -2.60. The van der Waals surface area contributed by atoms with E-state index in [0.717, 1.165) is 6.92 Å². The molecule has 0 saturated carbocycles. The molecule has 0 aromatic rings. The number of carbonyl (C=O) groups is 6. The molecule has 0 aliphatic carbocycles. The van der Waals surface area contributed by atoms with Crippen molar-refractivity contribution < 1.29 is 44.1 Å². The van der Waals surface area contributed by atoms with Gasteiger partial charge in [-0.3, -0.25) is 24.0 Å². The van der Waals surface area contributed by atoms with Crippen molar-refractivity contribution in [3.05, 3.63) is 0 Å². The molecule has 5 atom stereocenters. The second kappa shape index (κ2) is 13.1. The minimum atomic E-state index is -1.69. The van der Waals surface area contributed by atoms with E-state index in [1.165, 1.54) is 0 Å². The summed E-state index contributed by atoms with van der Waals surface area (Å²) in [7, 11) is 0. The Morgan fingerprint density at radius 1 is 0.871 bits per heavy atom. The van der Waals surface area contributed by atoms with E-state index in [2.05, 4.69) is 10.6 Å². The van der Waals surface area contributed by atoms with Gasteiger partial charge in [-0.1, -0.05) is 0 Å². The van der Waals surface area contributed by atoms with Crippen molar-refractivity contribution in [1.29, 1.82) is 0 Å². The quantitative estimate of drug-likeness (QED) is 0.121. The van der Waals surface area contributed by atoms with Crippen molar-refractivity contribution in [1.82, 2.24) is 16.0 Å². The van der Waals surface area contributed by atoms with Gasteiger partial charge in [0.05, 0.1) is 25.2 Å². The summed E-state index contributed by atoms with van der Waals surface area (Å²) < 4.78 is 0. The minimum Gasteiger partial charge on any atom is -0.480 e. The number of carboxylic acids is 1. The Hall–Kier alpha value is -3.30. The molecule has 5 amide bonds. The molecule has 12 N–H and O–H groups in total. The largest absolute Gasteiger partial charge is 0.480 e. The summed E-state index contributed by atoms with van der Waals surface area (Å²) in [5.74, 6) is -6.34. The van der Waals surface area contributed by atoms with Crippen molar-refractivity contribution in [2.75, 3.05) is 6.61 Å². The van der Waals surface area contributed by atoms with E-state index in [0.29, 0.717) is 0 Å². The molecule has 15 heteroatoms. The number of amides is 5. The highest BCUT2D eigenvalue weighted by Gasteiger charge is 2.32. The predicted octanol–water partition coefficient (Wildman–Crippen LogP) is -5.63. The van der Waals surface area contributed by atoms with E-state index < -0.39 is 78.8 Å². The number of primary amides is 2. The molecule has 176 valence electrons. The molecule has 0 aromatic carbocycles. The molecule has 5 unspecified atom stereocenters. The fourth-order valence-corrected chi connectivity index (χ4v) is 2.25. The fourth-order valence-electron chi connectivity index (χ4n) is 2.25. The van der Waals surface area contributed by atoms with Crippen molar-refractivity contribution in [3.63, 3.8) is 0 Å². The molecular formula is C16H28N6O9. The summed E-state index contributed by atoms with van der Waals surface area (Å²) >= 11 is 0. The maximum Gasteiger partial charge on any atom is 0.328 e. The van der Waals surface area contributed by atoms with Crippen molar-refractivity contribution in [2.24, 2.45) is 17.2 Å². The van der Waals surface area contributed by atoms with Crippen molar-refractivity contribution >= 4 is 35.5 Å². The van der Waals surface area contributed by atoms with Crippen LogP contribution in [-0.4, -0.2) is 87.7 Å². The van der Waals surface area contributed by atoms with Crippen LogP contribution in [0, 0.1) is 0 Å². The predicted molar refractivity (Wildman–Crippen MR) is 102 cm³/mol. The van der Waals surface area contributed by atoms with Crippen LogP contribution in [0.4, 0.5) is 0 Å². The third kappa shape index (κ3) is 10.3. The van der Waals surface area contributed by atoms with Gasteiger partial charge < -0.3 is 48.5 Å². The van der Waals surface area contributed by atoms with E-state index in [9.17, 15) is 33.9 Å². The van der Waals surface area contributed by atoms with Gasteiger partial charge in [0, 0.05) is 6.42 Å². The molecule has 0 fully saturated rings. The van der Waals surface area contributed by atoms with Crippen LogP contribution in [0.15, 0.2) is 0 Å². The van der Waals surface area contributed by atoms with Gasteiger partial charge in [-0.2, -0.15) is 0 Å². The maximum atomic E-state index is 12.6. The van der Waals surface area contributed by atoms with Crippen LogP contribution in [0.3, 0.4) is 0 Å². The number of carbonyl (C=O) groups excluding carboxylic acids is 5. The van der Waals surface area contributed by atoms with Crippen LogP contribution in [0.1, 0.15) is 26.2 Å². The van der Waals surface area contributed by atoms with E-state index in [1.807, 2.05) is 5.32 Å². The van der Waals surface area contributed by atoms with Crippen LogP contribution in [0.2, 0.25) is 0 Å². The van der Waals surface area contributed by atoms with Crippen LogP contribution in [-0.2, 0) is 28.8 Å². The van der Waals surface area contributed by atoms with E-state index in [-0.39, 0.29) is 12.8 Å². The number of nitrogens with one attached hydrogen (secondary N) is 3. The number of rotatable bonds is 14. The number of aliphatic hydroxyl groups is 2. The molecule has 0 saturated heterocycles. The number of hydrogen-bond acceptors (Lipinski definition) is 9. The highest BCUT2D eigenvalue weighted by atomic mass is 16.4. The van der Waals surface area contributed by atoms with Gasteiger partial charge >= 0.3 is 5.97 Å². The van der Waals surface area contributed by atoms with E-state index in [1.54, 1.807) is 0 Å². The van der Waals surface area contributed by atoms with Gasteiger partial charge in [-0.15, -0.1) is 0 Å². The average Bonchev–Trinajstić information content (AvgIpc) is 2.65. The van der Waals surface area contributed by atoms with Crippen LogP contribution >= 0.6 is 0 Å². The summed E-state index contributed by atoms with van der Waals surface area (Å²) in [4.78, 5) is 69.8. The summed E-state index contributed by atoms with van der Waals surface area (Å²) in [6, 6.07) is -6.20. The van der Waals surface area contributed by atoms with Gasteiger partial charge in [-0.05, 0) is 13.3 Å². The third-order valence-corrected chi connectivity index (χ3v) is 3.93. The van der Waals surface area contributed by atoms with Gasteiger partial charge in [-0.25, -0.2) is 4.79 Å².